The molecule has 0 spiro atoms. The summed E-state index contributed by atoms with van der Waals surface area (Å²) in [5.74, 6) is 0.0344. The van der Waals surface area contributed by atoms with Crippen molar-refractivity contribution in [3.8, 4) is 11.5 Å². The SMILES string of the molecule is Cc1cc2nc3c(=O)[nH]c(=O)nc-3n(C[C@H](O)[C@H](O)CCO)c2cc1NC1CCCC1. The summed E-state index contributed by atoms with van der Waals surface area (Å²) in [6.07, 6.45) is 2.14. The van der Waals surface area contributed by atoms with E-state index >= 15 is 0 Å². The molecule has 2 heterocycles. The van der Waals surface area contributed by atoms with Crippen molar-refractivity contribution >= 4 is 16.7 Å². The molecule has 10 heteroatoms. The number of hydrogen-bond donors (Lipinski definition) is 5. The van der Waals surface area contributed by atoms with Crippen LogP contribution in [0.15, 0.2) is 21.7 Å². The van der Waals surface area contributed by atoms with Gasteiger partial charge in [-0.25, -0.2) is 9.78 Å². The Kier molecular flexibility index (Phi) is 6.03. The average Bonchev–Trinajstić information content (AvgIpc) is 3.23. The highest BCUT2D eigenvalue weighted by molar-refractivity contribution is 5.84. The van der Waals surface area contributed by atoms with Crippen LogP contribution in [-0.4, -0.2) is 59.7 Å². The Hall–Kier alpha value is -2.82. The van der Waals surface area contributed by atoms with E-state index in [1.165, 1.54) is 12.8 Å². The molecule has 3 aliphatic rings. The van der Waals surface area contributed by atoms with Crippen LogP contribution in [0, 0.1) is 6.92 Å². The minimum Gasteiger partial charge on any atom is -0.396 e. The van der Waals surface area contributed by atoms with Gasteiger partial charge in [-0.1, -0.05) is 12.8 Å². The second-order valence-electron chi connectivity index (χ2n) is 8.19. The lowest BCUT2D eigenvalue weighted by atomic mass is 10.1. The summed E-state index contributed by atoms with van der Waals surface area (Å²) in [4.78, 5) is 34.7. The number of aliphatic hydroxyl groups excluding tert-OH is 3. The number of aliphatic hydroxyl groups is 3. The zero-order valence-corrected chi connectivity index (χ0v) is 17.3. The average molecular weight is 429 g/mol. The van der Waals surface area contributed by atoms with Gasteiger partial charge in [-0.3, -0.25) is 9.78 Å². The summed E-state index contributed by atoms with van der Waals surface area (Å²) in [6.45, 7) is 1.55. The number of H-pyrrole nitrogens is 1. The fourth-order valence-electron chi connectivity index (χ4n) is 4.21. The Morgan fingerprint density at radius 1 is 1.19 bits per heavy atom. The molecule has 31 heavy (non-hydrogen) atoms. The van der Waals surface area contributed by atoms with Crippen molar-refractivity contribution in [2.45, 2.75) is 63.8 Å². The van der Waals surface area contributed by atoms with Gasteiger partial charge >= 0.3 is 5.69 Å². The smallest absolute Gasteiger partial charge is 0.349 e. The fraction of sp³-hybridized carbons (Fsp3) is 0.524. The van der Waals surface area contributed by atoms with Crippen LogP contribution in [0.5, 0.6) is 0 Å². The molecule has 0 bridgehead atoms. The molecule has 4 rings (SSSR count). The number of aryl methyl sites for hydroxylation is 1. The van der Waals surface area contributed by atoms with Crippen LogP contribution in [0.2, 0.25) is 0 Å². The highest BCUT2D eigenvalue weighted by Gasteiger charge is 2.24. The van der Waals surface area contributed by atoms with Gasteiger partial charge in [0.15, 0.2) is 11.5 Å². The molecule has 0 radical (unpaired) electrons. The van der Waals surface area contributed by atoms with E-state index in [4.69, 9.17) is 5.11 Å². The summed E-state index contributed by atoms with van der Waals surface area (Å²) in [6, 6.07) is 4.11. The van der Waals surface area contributed by atoms with Crippen LogP contribution in [0.25, 0.3) is 22.6 Å². The first kappa shape index (κ1) is 21.4. The number of nitrogens with one attached hydrogen (secondary N) is 2. The van der Waals surface area contributed by atoms with Crippen molar-refractivity contribution in [1.82, 2.24) is 19.5 Å². The number of aromatic amines is 1. The third kappa shape index (κ3) is 4.32. The minimum absolute atomic E-state index is 0.00289. The normalized spacial score (nSPS) is 16.8. The Morgan fingerprint density at radius 3 is 2.65 bits per heavy atom. The maximum absolute atomic E-state index is 12.4. The number of benzene rings is 1. The van der Waals surface area contributed by atoms with Crippen LogP contribution in [0.3, 0.4) is 0 Å². The van der Waals surface area contributed by atoms with E-state index in [0.717, 1.165) is 24.1 Å². The van der Waals surface area contributed by atoms with Crippen molar-refractivity contribution < 1.29 is 15.3 Å². The molecule has 1 fully saturated rings. The van der Waals surface area contributed by atoms with Gasteiger partial charge in [0.05, 0.1) is 29.8 Å². The van der Waals surface area contributed by atoms with E-state index in [0.29, 0.717) is 17.1 Å². The molecule has 166 valence electrons. The van der Waals surface area contributed by atoms with Gasteiger partial charge in [0.1, 0.15) is 0 Å². The maximum atomic E-state index is 12.4. The Labute approximate surface area is 178 Å². The van der Waals surface area contributed by atoms with Gasteiger partial charge in [0.25, 0.3) is 5.56 Å². The van der Waals surface area contributed by atoms with Crippen molar-refractivity contribution in [2.24, 2.45) is 0 Å². The number of rotatable bonds is 7. The topological polar surface area (TPSA) is 153 Å². The monoisotopic (exact) mass is 429 g/mol. The molecule has 1 saturated carbocycles. The predicted octanol–water partition coefficient (Wildman–Crippen LogP) is 0.352. The van der Waals surface area contributed by atoms with Gasteiger partial charge in [0.2, 0.25) is 0 Å². The highest BCUT2D eigenvalue weighted by atomic mass is 16.3. The number of aromatic nitrogens is 4. The molecule has 1 aliphatic carbocycles. The van der Waals surface area contributed by atoms with E-state index in [-0.39, 0.29) is 31.1 Å². The predicted molar refractivity (Wildman–Crippen MR) is 115 cm³/mol. The van der Waals surface area contributed by atoms with Gasteiger partial charge in [-0.2, -0.15) is 4.98 Å². The molecule has 10 nitrogen and oxygen atoms in total. The first-order chi connectivity index (χ1) is 14.9. The number of fused-ring (bicyclic) bond motifs is 2. The van der Waals surface area contributed by atoms with Gasteiger partial charge < -0.3 is 25.2 Å². The molecule has 1 aromatic rings. The Bertz CT molecular complexity index is 1170. The van der Waals surface area contributed by atoms with Crippen LogP contribution in [-0.2, 0) is 6.54 Å². The van der Waals surface area contributed by atoms with Crippen LogP contribution in [0.1, 0.15) is 37.7 Å². The lowest BCUT2D eigenvalue weighted by molar-refractivity contribution is -0.00282. The third-order valence-electron chi connectivity index (χ3n) is 5.91. The maximum Gasteiger partial charge on any atom is 0.349 e. The third-order valence-corrected chi connectivity index (χ3v) is 5.91. The zero-order valence-electron chi connectivity index (χ0n) is 17.3. The van der Waals surface area contributed by atoms with Crippen LogP contribution < -0.4 is 16.6 Å². The first-order valence-electron chi connectivity index (χ1n) is 10.6. The second kappa shape index (κ2) is 8.74. The molecule has 1 aromatic carbocycles. The van der Waals surface area contributed by atoms with Crippen molar-refractivity contribution in [2.75, 3.05) is 11.9 Å². The molecular formula is C21H27N5O5. The lowest BCUT2D eigenvalue weighted by Gasteiger charge is -2.23. The van der Waals surface area contributed by atoms with Gasteiger partial charge in [0, 0.05) is 18.3 Å². The van der Waals surface area contributed by atoms with Crippen molar-refractivity contribution in [1.29, 1.82) is 0 Å². The van der Waals surface area contributed by atoms with E-state index in [1.54, 1.807) is 4.57 Å². The Balaban J connectivity index is 1.89. The minimum atomic E-state index is -1.24. The van der Waals surface area contributed by atoms with Crippen LogP contribution >= 0.6 is 0 Å². The summed E-state index contributed by atoms with van der Waals surface area (Å²) < 4.78 is 1.54. The summed E-state index contributed by atoms with van der Waals surface area (Å²) >= 11 is 0. The van der Waals surface area contributed by atoms with Gasteiger partial charge in [-0.05, 0) is 43.9 Å². The van der Waals surface area contributed by atoms with E-state index in [1.807, 2.05) is 19.1 Å². The van der Waals surface area contributed by atoms with E-state index in [2.05, 4.69) is 20.3 Å². The largest absolute Gasteiger partial charge is 0.396 e. The quantitative estimate of drug-likeness (QED) is 0.337. The van der Waals surface area contributed by atoms with Crippen LogP contribution in [0.4, 0.5) is 5.69 Å². The summed E-state index contributed by atoms with van der Waals surface area (Å²) in [5, 5.41) is 33.3. The highest BCUT2D eigenvalue weighted by Crippen LogP contribution is 2.29. The number of hydrogen-bond acceptors (Lipinski definition) is 8. The molecular weight excluding hydrogens is 402 g/mol. The van der Waals surface area contributed by atoms with E-state index in [9.17, 15) is 19.8 Å². The van der Waals surface area contributed by atoms with Crippen molar-refractivity contribution in [3.63, 3.8) is 0 Å². The standard InChI is InChI=1S/C21H27N5O5/c1-11-8-14-15(9-13(11)22-12-4-2-3-5-12)26(10-17(29)16(28)6-7-27)19-18(23-14)20(30)25-21(31)24-19/h8-9,12,16-17,22,27-29H,2-7,10H2,1H3,(H,25,30,31)/t16-,17+/m1/s1. The molecule has 0 aromatic heterocycles. The zero-order chi connectivity index (χ0) is 22.1. The molecule has 0 amide bonds. The lowest BCUT2D eigenvalue weighted by Crippen LogP contribution is -2.34. The summed E-state index contributed by atoms with van der Waals surface area (Å²) in [7, 11) is 0. The number of nitrogens with zero attached hydrogens (tertiary/aromatic N) is 3. The fourth-order valence-corrected chi connectivity index (χ4v) is 4.21. The summed E-state index contributed by atoms with van der Waals surface area (Å²) in [5.41, 5.74) is 1.46. The molecule has 2 aliphatic heterocycles. The Morgan fingerprint density at radius 2 is 1.94 bits per heavy atom. The van der Waals surface area contributed by atoms with Crippen molar-refractivity contribution in [3.05, 3.63) is 38.5 Å². The molecule has 0 unspecified atom stereocenters. The van der Waals surface area contributed by atoms with E-state index < -0.39 is 23.5 Å². The molecule has 0 saturated heterocycles. The van der Waals surface area contributed by atoms with Gasteiger partial charge in [-0.15, -0.1) is 0 Å². The molecule has 2 atom stereocenters. The number of anilines is 1. The first-order valence-corrected chi connectivity index (χ1v) is 10.6. The molecule has 5 N–H and O–H groups in total. The second-order valence-corrected chi connectivity index (χ2v) is 8.19.